The van der Waals surface area contributed by atoms with E-state index >= 15 is 0 Å². The first-order valence-corrected chi connectivity index (χ1v) is 14.0. The van der Waals surface area contributed by atoms with E-state index in [1.54, 1.807) is 12.1 Å². The lowest BCUT2D eigenvalue weighted by Crippen LogP contribution is -2.43. The summed E-state index contributed by atoms with van der Waals surface area (Å²) in [6.45, 7) is 3.58. The van der Waals surface area contributed by atoms with Gasteiger partial charge in [-0.15, -0.1) is 0 Å². The Balaban J connectivity index is 1.33. The van der Waals surface area contributed by atoms with Crippen LogP contribution in [0, 0.1) is 5.82 Å². The molecule has 0 atom stereocenters. The van der Waals surface area contributed by atoms with Gasteiger partial charge in [0.2, 0.25) is 5.88 Å². The van der Waals surface area contributed by atoms with E-state index in [1.807, 2.05) is 30.3 Å². The van der Waals surface area contributed by atoms with E-state index in [1.165, 1.54) is 0 Å². The number of carbonyl (C=O) groups excluding carboxylic acids is 2. The van der Waals surface area contributed by atoms with Crippen molar-refractivity contribution in [2.75, 3.05) is 26.3 Å². The van der Waals surface area contributed by atoms with Crippen LogP contribution >= 0.6 is 0 Å². The zero-order valence-electron chi connectivity index (χ0n) is 23.1. The average Bonchev–Trinajstić information content (AvgIpc) is 2.99. The molecule has 1 saturated carbocycles. The fourth-order valence-electron chi connectivity index (χ4n) is 5.43. The van der Waals surface area contributed by atoms with Crippen LogP contribution in [0.2, 0.25) is 0 Å². The number of halogens is 1. The van der Waals surface area contributed by atoms with Crippen molar-refractivity contribution in [3.63, 3.8) is 0 Å². The number of carboxylic acid groups (broad SMARTS) is 1. The quantitative estimate of drug-likeness (QED) is 0.315. The topological polar surface area (TPSA) is 130 Å². The van der Waals surface area contributed by atoms with Crippen LogP contribution in [-0.4, -0.2) is 71.7 Å². The number of amides is 2. The number of hydrogen-bond acceptors (Lipinski definition) is 7. The van der Waals surface area contributed by atoms with Crippen molar-refractivity contribution in [1.82, 2.24) is 20.5 Å². The summed E-state index contributed by atoms with van der Waals surface area (Å²) >= 11 is 0. The van der Waals surface area contributed by atoms with Gasteiger partial charge in [0, 0.05) is 37.3 Å². The number of carbonyl (C=O) groups is 3. The van der Waals surface area contributed by atoms with Crippen molar-refractivity contribution >= 4 is 18.3 Å². The summed E-state index contributed by atoms with van der Waals surface area (Å²) in [5.74, 6) is -0.798. The van der Waals surface area contributed by atoms with Gasteiger partial charge in [-0.25, -0.2) is 14.2 Å². The number of morpholine rings is 1. The number of nitrogens with one attached hydrogen (secondary N) is 2. The molecule has 2 aliphatic rings. The minimum absolute atomic E-state index is 0.0304. The highest BCUT2D eigenvalue weighted by molar-refractivity contribution is 5.96. The number of nitrogens with zero attached hydrogens (tertiary/aromatic N) is 2. The Labute approximate surface area is 242 Å². The van der Waals surface area contributed by atoms with Gasteiger partial charge in [-0.2, -0.15) is 0 Å². The highest BCUT2D eigenvalue weighted by atomic mass is 19.1. The molecule has 3 N–H and O–H groups in total. The van der Waals surface area contributed by atoms with Crippen molar-refractivity contribution in [2.45, 2.75) is 44.3 Å². The van der Waals surface area contributed by atoms with Gasteiger partial charge in [0.05, 0.1) is 19.4 Å². The SMILES string of the molecule is O=Cc1ccc(-c2cccc(Oc3ncc(F)cc3C(=O)N[C@H]3CC[C@H](NC(=O)O)CC3)c2)c(CN2CCOCC2)c1. The number of aromatic nitrogens is 1. The predicted molar refractivity (Wildman–Crippen MR) is 152 cm³/mol. The monoisotopic (exact) mass is 576 g/mol. The van der Waals surface area contributed by atoms with Crippen LogP contribution < -0.4 is 15.4 Å². The summed E-state index contributed by atoms with van der Waals surface area (Å²) in [4.78, 5) is 41.9. The van der Waals surface area contributed by atoms with Gasteiger partial charge >= 0.3 is 6.09 Å². The second kappa shape index (κ2) is 13.5. The third-order valence-corrected chi connectivity index (χ3v) is 7.57. The molecule has 0 unspecified atom stereocenters. The first kappa shape index (κ1) is 29.2. The van der Waals surface area contributed by atoms with E-state index in [4.69, 9.17) is 14.6 Å². The van der Waals surface area contributed by atoms with E-state index in [9.17, 15) is 18.8 Å². The number of benzene rings is 2. The first-order valence-electron chi connectivity index (χ1n) is 14.0. The highest BCUT2D eigenvalue weighted by Crippen LogP contribution is 2.32. The molecule has 42 heavy (non-hydrogen) atoms. The van der Waals surface area contributed by atoms with Crippen LogP contribution in [0.3, 0.4) is 0 Å². The molecule has 11 heteroatoms. The van der Waals surface area contributed by atoms with Crippen LogP contribution in [-0.2, 0) is 11.3 Å². The Bertz CT molecular complexity index is 1440. The first-order chi connectivity index (χ1) is 20.4. The molecule has 220 valence electrons. The Morgan fingerprint density at radius 2 is 1.79 bits per heavy atom. The van der Waals surface area contributed by atoms with Crippen LogP contribution in [0.4, 0.5) is 9.18 Å². The number of ether oxygens (including phenoxy) is 2. The van der Waals surface area contributed by atoms with Crippen molar-refractivity contribution in [1.29, 1.82) is 0 Å². The average molecular weight is 577 g/mol. The zero-order chi connectivity index (χ0) is 29.5. The van der Waals surface area contributed by atoms with Gasteiger partial charge in [0.15, 0.2) is 0 Å². The Kier molecular flexibility index (Phi) is 9.40. The lowest BCUT2D eigenvalue weighted by atomic mass is 9.91. The molecule has 10 nitrogen and oxygen atoms in total. The van der Waals surface area contributed by atoms with Gasteiger partial charge in [0.1, 0.15) is 23.4 Å². The summed E-state index contributed by atoms with van der Waals surface area (Å²) in [6, 6.07) is 13.7. The Morgan fingerprint density at radius 1 is 1.05 bits per heavy atom. The van der Waals surface area contributed by atoms with Crippen LogP contribution in [0.25, 0.3) is 11.1 Å². The summed E-state index contributed by atoms with van der Waals surface area (Å²) in [5, 5.41) is 14.3. The lowest BCUT2D eigenvalue weighted by molar-refractivity contribution is 0.0342. The molecule has 0 radical (unpaired) electrons. The molecule has 2 amide bonds. The molecular weight excluding hydrogens is 543 g/mol. The molecule has 1 aliphatic carbocycles. The van der Waals surface area contributed by atoms with Gasteiger partial charge in [-0.1, -0.05) is 24.3 Å². The van der Waals surface area contributed by atoms with Crippen LogP contribution in [0.15, 0.2) is 54.7 Å². The summed E-state index contributed by atoms with van der Waals surface area (Å²) in [7, 11) is 0. The molecule has 1 saturated heterocycles. The van der Waals surface area contributed by atoms with E-state index in [0.29, 0.717) is 56.8 Å². The van der Waals surface area contributed by atoms with Crippen LogP contribution in [0.1, 0.15) is 52.0 Å². The molecule has 0 spiro atoms. The number of aldehydes is 1. The summed E-state index contributed by atoms with van der Waals surface area (Å²) < 4.78 is 25.7. The Morgan fingerprint density at radius 3 is 2.50 bits per heavy atom. The fourth-order valence-corrected chi connectivity index (χ4v) is 5.43. The van der Waals surface area contributed by atoms with E-state index in [-0.39, 0.29) is 23.5 Å². The normalized spacial score (nSPS) is 19.1. The third kappa shape index (κ3) is 7.48. The molecule has 2 aromatic carbocycles. The van der Waals surface area contributed by atoms with Gasteiger partial charge in [-0.3, -0.25) is 14.5 Å². The molecule has 1 aromatic heterocycles. The molecule has 2 fully saturated rings. The number of hydrogen-bond donors (Lipinski definition) is 3. The summed E-state index contributed by atoms with van der Waals surface area (Å²) in [5.41, 5.74) is 3.34. The van der Waals surface area contributed by atoms with Gasteiger partial charge in [-0.05, 0) is 66.6 Å². The van der Waals surface area contributed by atoms with Gasteiger partial charge in [0.25, 0.3) is 5.91 Å². The molecule has 3 aromatic rings. The maximum atomic E-state index is 14.2. The minimum Gasteiger partial charge on any atom is -0.465 e. The van der Waals surface area contributed by atoms with Crippen molar-refractivity contribution in [2.24, 2.45) is 0 Å². The molecule has 0 bridgehead atoms. The second-order valence-electron chi connectivity index (χ2n) is 10.5. The van der Waals surface area contributed by atoms with Crippen molar-refractivity contribution in [3.8, 4) is 22.8 Å². The molecular formula is C31H33FN4O6. The summed E-state index contributed by atoms with van der Waals surface area (Å²) in [6.07, 6.45) is 3.13. The van der Waals surface area contributed by atoms with Crippen molar-refractivity contribution < 1.29 is 33.4 Å². The van der Waals surface area contributed by atoms with E-state index in [2.05, 4.69) is 20.5 Å². The number of pyridine rings is 1. The van der Waals surface area contributed by atoms with Crippen LogP contribution in [0.5, 0.6) is 11.6 Å². The molecule has 1 aliphatic heterocycles. The Hall–Kier alpha value is -4.35. The zero-order valence-corrected chi connectivity index (χ0v) is 23.1. The largest absolute Gasteiger partial charge is 0.465 e. The van der Waals surface area contributed by atoms with E-state index < -0.39 is 17.8 Å². The minimum atomic E-state index is -1.06. The maximum absolute atomic E-state index is 14.2. The van der Waals surface area contributed by atoms with Gasteiger partial charge < -0.3 is 25.2 Å². The fraction of sp³-hybridized carbons (Fsp3) is 0.355. The smallest absolute Gasteiger partial charge is 0.404 e. The third-order valence-electron chi connectivity index (χ3n) is 7.57. The lowest BCUT2D eigenvalue weighted by Gasteiger charge is -2.29. The van der Waals surface area contributed by atoms with Crippen molar-refractivity contribution in [3.05, 3.63) is 77.2 Å². The maximum Gasteiger partial charge on any atom is 0.404 e. The molecule has 5 rings (SSSR count). The highest BCUT2D eigenvalue weighted by Gasteiger charge is 2.25. The number of rotatable bonds is 9. The second-order valence-corrected chi connectivity index (χ2v) is 10.5. The standard InChI is InChI=1S/C31H33FN4O6/c32-23-16-28(29(38)34-24-5-7-25(8-6-24)35-31(39)40)30(33-17-23)42-26-3-1-2-21(15-26)27-9-4-20(19-37)14-22(27)18-36-10-12-41-13-11-36/h1-4,9,14-17,19,24-25,35H,5-8,10-13,18H2,(H,34,38)(H,39,40)/t24-,25-. The molecule has 2 heterocycles. The predicted octanol–water partition coefficient (Wildman–Crippen LogP) is 4.63. The van der Waals surface area contributed by atoms with E-state index in [0.717, 1.165) is 48.3 Å².